The zero-order valence-corrected chi connectivity index (χ0v) is 11.3. The van der Waals surface area contributed by atoms with Crippen LogP contribution in [0, 0.1) is 34.0 Å². The van der Waals surface area contributed by atoms with Gasteiger partial charge < -0.3 is 10.1 Å². The van der Waals surface area contributed by atoms with Crippen LogP contribution in [0.4, 0.5) is 11.4 Å². The zero-order chi connectivity index (χ0) is 15.5. The van der Waals surface area contributed by atoms with Gasteiger partial charge in [-0.1, -0.05) is 18.2 Å². The number of nitrogens with one attached hydrogen (secondary N) is 1. The number of para-hydroxylation sites is 2. The van der Waals surface area contributed by atoms with Crippen molar-refractivity contribution in [3.8, 4) is 29.7 Å². The molecule has 0 saturated heterocycles. The van der Waals surface area contributed by atoms with Crippen LogP contribution in [0.25, 0.3) is 5.57 Å². The highest BCUT2D eigenvalue weighted by Gasteiger charge is 2.18. The van der Waals surface area contributed by atoms with E-state index in [4.69, 9.17) is 15.3 Å². The molecule has 0 radical (unpaired) electrons. The Morgan fingerprint density at radius 3 is 2.32 bits per heavy atom. The molecule has 0 aromatic heterocycles. The van der Waals surface area contributed by atoms with Crippen LogP contribution in [0.2, 0.25) is 0 Å². The normalized spacial score (nSPS) is 10.4. The lowest BCUT2D eigenvalue weighted by Gasteiger charge is -2.22. The van der Waals surface area contributed by atoms with Gasteiger partial charge >= 0.3 is 0 Å². The number of fused-ring (bicyclic) bond motifs is 2. The molecule has 1 heterocycles. The molecule has 0 aliphatic carbocycles. The summed E-state index contributed by atoms with van der Waals surface area (Å²) in [6.45, 7) is 0. The maximum absolute atomic E-state index is 9.21. The highest BCUT2D eigenvalue weighted by atomic mass is 16.5. The highest BCUT2D eigenvalue weighted by Crippen LogP contribution is 2.42. The summed E-state index contributed by atoms with van der Waals surface area (Å²) < 4.78 is 5.80. The molecule has 0 amide bonds. The lowest BCUT2D eigenvalue weighted by atomic mass is 10.0. The Morgan fingerprint density at radius 2 is 1.59 bits per heavy atom. The third-order valence-corrected chi connectivity index (χ3v) is 3.23. The molecule has 0 spiro atoms. The van der Waals surface area contributed by atoms with Gasteiger partial charge in [-0.05, 0) is 29.8 Å². The highest BCUT2D eigenvalue weighted by molar-refractivity contribution is 5.87. The molecule has 3 rings (SSSR count). The second-order valence-electron chi connectivity index (χ2n) is 4.52. The van der Waals surface area contributed by atoms with Crippen LogP contribution in [0.3, 0.4) is 0 Å². The Balaban J connectivity index is 2.08. The Morgan fingerprint density at radius 1 is 0.864 bits per heavy atom. The molecule has 0 unspecified atom stereocenters. The van der Waals surface area contributed by atoms with Crippen molar-refractivity contribution in [2.45, 2.75) is 0 Å². The van der Waals surface area contributed by atoms with E-state index >= 15 is 0 Å². The molecule has 0 atom stereocenters. The molecule has 2 aromatic carbocycles. The van der Waals surface area contributed by atoms with Gasteiger partial charge in [0, 0.05) is 0 Å². The molecular weight excluding hydrogens is 276 g/mol. The lowest BCUT2D eigenvalue weighted by molar-refractivity contribution is 0.481. The number of anilines is 2. The largest absolute Gasteiger partial charge is 0.453 e. The SMILES string of the molecule is N#CC(C#N)=C(C#N)c1ccc2c(c1)Oc1ccccc1N2. The topological polar surface area (TPSA) is 92.6 Å². The van der Waals surface area contributed by atoms with Crippen molar-refractivity contribution in [1.29, 1.82) is 15.8 Å². The predicted octanol–water partition coefficient (Wildman–Crippen LogP) is 3.86. The predicted molar refractivity (Wildman–Crippen MR) is 80.0 cm³/mol. The van der Waals surface area contributed by atoms with Crippen LogP contribution in [-0.2, 0) is 0 Å². The smallest absolute Gasteiger partial charge is 0.151 e. The van der Waals surface area contributed by atoms with Crippen LogP contribution < -0.4 is 10.1 Å². The summed E-state index contributed by atoms with van der Waals surface area (Å²) in [6, 6.07) is 17.9. The number of rotatable bonds is 1. The van der Waals surface area contributed by atoms with Crippen LogP contribution in [0.1, 0.15) is 5.56 Å². The van der Waals surface area contributed by atoms with Gasteiger partial charge in [-0.15, -0.1) is 0 Å². The van der Waals surface area contributed by atoms with Crippen molar-refractivity contribution in [2.75, 3.05) is 5.32 Å². The maximum atomic E-state index is 9.21. The number of hydrogen-bond donors (Lipinski definition) is 1. The Hall–Kier alpha value is -3.75. The standard InChI is InChI=1S/C17H8N4O/c18-8-12(9-19)13(10-20)11-5-6-15-17(7-11)22-16-4-2-1-3-14(16)21-15/h1-7,21H. The number of benzene rings is 2. The summed E-state index contributed by atoms with van der Waals surface area (Å²) >= 11 is 0. The van der Waals surface area contributed by atoms with E-state index in [0.29, 0.717) is 17.1 Å². The minimum Gasteiger partial charge on any atom is -0.453 e. The first-order valence-electron chi connectivity index (χ1n) is 6.39. The molecule has 0 fully saturated rings. The molecule has 0 saturated carbocycles. The van der Waals surface area contributed by atoms with Crippen LogP contribution in [0.15, 0.2) is 48.0 Å². The third kappa shape index (κ3) is 2.12. The fraction of sp³-hybridized carbons (Fsp3) is 0. The van der Waals surface area contributed by atoms with Crippen molar-refractivity contribution in [1.82, 2.24) is 0 Å². The zero-order valence-electron chi connectivity index (χ0n) is 11.3. The van der Waals surface area contributed by atoms with Gasteiger partial charge in [0.2, 0.25) is 0 Å². The number of allylic oxidation sites excluding steroid dienone is 2. The number of hydrogen-bond acceptors (Lipinski definition) is 5. The molecule has 22 heavy (non-hydrogen) atoms. The number of ether oxygens (including phenoxy) is 1. The first-order chi connectivity index (χ1) is 10.8. The fourth-order valence-corrected chi connectivity index (χ4v) is 2.19. The lowest BCUT2D eigenvalue weighted by Crippen LogP contribution is -2.03. The summed E-state index contributed by atoms with van der Waals surface area (Å²) in [4.78, 5) is 0. The van der Waals surface area contributed by atoms with E-state index in [0.717, 1.165) is 11.4 Å². The summed E-state index contributed by atoms with van der Waals surface area (Å²) in [6.07, 6.45) is 0. The van der Waals surface area contributed by atoms with Crippen molar-refractivity contribution in [2.24, 2.45) is 0 Å². The first-order valence-corrected chi connectivity index (χ1v) is 6.39. The summed E-state index contributed by atoms with van der Waals surface area (Å²) in [7, 11) is 0. The van der Waals surface area contributed by atoms with Gasteiger partial charge in [0.25, 0.3) is 0 Å². The van der Waals surface area contributed by atoms with Crippen LogP contribution in [0.5, 0.6) is 11.5 Å². The number of nitrogens with zero attached hydrogens (tertiary/aromatic N) is 3. The van der Waals surface area contributed by atoms with Crippen LogP contribution in [-0.4, -0.2) is 0 Å². The monoisotopic (exact) mass is 284 g/mol. The van der Waals surface area contributed by atoms with Gasteiger partial charge in [0.05, 0.1) is 16.9 Å². The average molecular weight is 284 g/mol. The van der Waals surface area contributed by atoms with Crippen molar-refractivity contribution >= 4 is 16.9 Å². The van der Waals surface area contributed by atoms with E-state index in [2.05, 4.69) is 5.32 Å². The van der Waals surface area contributed by atoms with Crippen molar-refractivity contribution in [3.63, 3.8) is 0 Å². The summed E-state index contributed by atoms with van der Waals surface area (Å²) in [5.41, 5.74) is 1.91. The van der Waals surface area contributed by atoms with E-state index in [1.807, 2.05) is 30.3 Å². The molecule has 1 aliphatic rings. The molecule has 5 heteroatoms. The minimum atomic E-state index is -0.216. The Kier molecular flexibility index (Phi) is 3.20. The fourth-order valence-electron chi connectivity index (χ4n) is 2.19. The van der Waals surface area contributed by atoms with Gasteiger partial charge in [0.15, 0.2) is 11.5 Å². The van der Waals surface area contributed by atoms with Gasteiger partial charge in [-0.2, -0.15) is 15.8 Å². The van der Waals surface area contributed by atoms with Crippen molar-refractivity contribution < 1.29 is 4.74 Å². The Bertz CT molecular complexity index is 907. The third-order valence-electron chi connectivity index (χ3n) is 3.23. The molecule has 102 valence electrons. The summed E-state index contributed by atoms with van der Waals surface area (Å²) in [5.74, 6) is 1.22. The van der Waals surface area contributed by atoms with Crippen LogP contribution >= 0.6 is 0 Å². The van der Waals surface area contributed by atoms with E-state index in [1.165, 1.54) is 0 Å². The van der Waals surface area contributed by atoms with Gasteiger partial charge in [-0.25, -0.2) is 0 Å². The molecule has 5 nitrogen and oxygen atoms in total. The van der Waals surface area contributed by atoms with E-state index < -0.39 is 0 Å². The molecular formula is C17H8N4O. The Labute approximate surface area is 126 Å². The van der Waals surface area contributed by atoms with Gasteiger partial charge in [0.1, 0.15) is 23.8 Å². The van der Waals surface area contributed by atoms with E-state index in [1.54, 1.807) is 30.3 Å². The van der Waals surface area contributed by atoms with Gasteiger partial charge in [-0.3, -0.25) is 0 Å². The molecule has 0 bridgehead atoms. The second-order valence-corrected chi connectivity index (χ2v) is 4.52. The first kappa shape index (κ1) is 13.2. The van der Waals surface area contributed by atoms with Crippen molar-refractivity contribution in [3.05, 3.63) is 53.6 Å². The van der Waals surface area contributed by atoms with E-state index in [-0.39, 0.29) is 11.1 Å². The maximum Gasteiger partial charge on any atom is 0.151 e. The summed E-state index contributed by atoms with van der Waals surface area (Å²) in [5, 5.41) is 30.3. The average Bonchev–Trinajstić information content (AvgIpc) is 2.57. The molecule has 2 aromatic rings. The molecule has 1 aliphatic heterocycles. The van der Waals surface area contributed by atoms with E-state index in [9.17, 15) is 5.26 Å². The second kappa shape index (κ2) is 5.32. The quantitative estimate of drug-likeness (QED) is 0.685. The minimum absolute atomic E-state index is 0.0373. The molecule has 1 N–H and O–H groups in total. The number of nitriles is 3.